The van der Waals surface area contributed by atoms with Gasteiger partial charge in [-0.2, -0.15) is 0 Å². The fraction of sp³-hybridized carbons (Fsp3) is 0.400. The lowest BCUT2D eigenvalue weighted by atomic mass is 10.0. The normalized spacial score (nSPS) is 14.9. The highest BCUT2D eigenvalue weighted by atomic mass is 19.1. The van der Waals surface area contributed by atoms with Crippen molar-refractivity contribution in [1.29, 1.82) is 0 Å². The molecule has 0 radical (unpaired) electrons. The van der Waals surface area contributed by atoms with Crippen molar-refractivity contribution < 1.29 is 14.2 Å². The first-order chi connectivity index (χ1) is 6.57. The maximum absolute atomic E-state index is 13.5. The quantitative estimate of drug-likeness (QED) is 0.769. The summed E-state index contributed by atoms with van der Waals surface area (Å²) in [7, 11) is 1.38. The number of hydrogen-bond donors (Lipinski definition) is 2. The van der Waals surface area contributed by atoms with E-state index in [0.29, 0.717) is 0 Å². The monoisotopic (exact) mass is 199 g/mol. The standard InChI is InChI=1S/C10H14FNO2/c1-6(12)10(13)7-4-3-5-8(14-2)9(7)11/h3-6,10,13H,12H2,1-2H3/t6-,10-/m1/s1. The van der Waals surface area contributed by atoms with Crippen molar-refractivity contribution in [1.82, 2.24) is 0 Å². The van der Waals surface area contributed by atoms with Gasteiger partial charge >= 0.3 is 0 Å². The fourth-order valence-electron chi connectivity index (χ4n) is 1.20. The molecular formula is C10H14FNO2. The molecule has 1 aromatic rings. The predicted molar refractivity (Wildman–Crippen MR) is 51.6 cm³/mol. The number of rotatable bonds is 3. The summed E-state index contributed by atoms with van der Waals surface area (Å²) in [6.07, 6.45) is -1.01. The number of benzene rings is 1. The summed E-state index contributed by atoms with van der Waals surface area (Å²) in [6.45, 7) is 1.61. The molecule has 0 amide bonds. The molecule has 0 aromatic heterocycles. The summed E-state index contributed by atoms with van der Waals surface area (Å²) in [5.74, 6) is -0.443. The third kappa shape index (κ3) is 2.02. The Bertz CT molecular complexity index is 315. The van der Waals surface area contributed by atoms with Gasteiger partial charge in [0.05, 0.1) is 13.2 Å². The Labute approximate surface area is 82.3 Å². The van der Waals surface area contributed by atoms with Crippen molar-refractivity contribution in [3.63, 3.8) is 0 Å². The summed E-state index contributed by atoms with van der Waals surface area (Å²) < 4.78 is 18.3. The van der Waals surface area contributed by atoms with Crippen LogP contribution in [-0.4, -0.2) is 18.3 Å². The minimum atomic E-state index is -1.01. The van der Waals surface area contributed by atoms with Gasteiger partial charge in [-0.1, -0.05) is 12.1 Å². The molecule has 0 saturated carbocycles. The third-order valence-corrected chi connectivity index (χ3v) is 2.03. The first-order valence-electron chi connectivity index (χ1n) is 4.34. The van der Waals surface area contributed by atoms with E-state index in [4.69, 9.17) is 10.5 Å². The smallest absolute Gasteiger partial charge is 0.170 e. The van der Waals surface area contributed by atoms with Gasteiger partial charge in [0.25, 0.3) is 0 Å². The zero-order valence-electron chi connectivity index (χ0n) is 8.20. The molecule has 14 heavy (non-hydrogen) atoms. The van der Waals surface area contributed by atoms with Crippen LogP contribution in [0.25, 0.3) is 0 Å². The SMILES string of the molecule is COc1cccc([C@H](O)[C@@H](C)N)c1F. The van der Waals surface area contributed by atoms with E-state index in [1.807, 2.05) is 0 Å². The number of aliphatic hydroxyl groups is 1. The summed E-state index contributed by atoms with van der Waals surface area (Å²) in [5.41, 5.74) is 5.64. The molecule has 0 spiro atoms. The summed E-state index contributed by atoms with van der Waals surface area (Å²) in [5, 5.41) is 9.58. The van der Waals surface area contributed by atoms with E-state index < -0.39 is 18.0 Å². The highest BCUT2D eigenvalue weighted by Crippen LogP contribution is 2.25. The number of ether oxygens (including phenoxy) is 1. The Morgan fingerprint density at radius 2 is 2.14 bits per heavy atom. The van der Waals surface area contributed by atoms with Crippen LogP contribution in [0.5, 0.6) is 5.75 Å². The average molecular weight is 199 g/mol. The Kier molecular flexibility index (Phi) is 3.43. The summed E-state index contributed by atoms with van der Waals surface area (Å²) in [6, 6.07) is 4.08. The lowest BCUT2D eigenvalue weighted by Crippen LogP contribution is -2.25. The van der Waals surface area contributed by atoms with Crippen LogP contribution in [0.1, 0.15) is 18.6 Å². The molecule has 0 unspecified atom stereocenters. The number of aliphatic hydroxyl groups excluding tert-OH is 1. The molecule has 3 nitrogen and oxygen atoms in total. The Morgan fingerprint density at radius 3 is 2.64 bits per heavy atom. The first-order valence-corrected chi connectivity index (χ1v) is 4.34. The average Bonchev–Trinajstić information content (AvgIpc) is 2.17. The van der Waals surface area contributed by atoms with Crippen LogP contribution < -0.4 is 10.5 Å². The molecule has 0 aliphatic carbocycles. The van der Waals surface area contributed by atoms with Crippen molar-refractivity contribution in [2.45, 2.75) is 19.1 Å². The van der Waals surface area contributed by atoms with Crippen LogP contribution in [-0.2, 0) is 0 Å². The second kappa shape index (κ2) is 4.39. The number of hydrogen-bond acceptors (Lipinski definition) is 3. The lowest BCUT2D eigenvalue weighted by Gasteiger charge is -2.16. The molecule has 0 saturated heterocycles. The minimum Gasteiger partial charge on any atom is -0.494 e. The van der Waals surface area contributed by atoms with Gasteiger partial charge in [-0.3, -0.25) is 0 Å². The third-order valence-electron chi connectivity index (χ3n) is 2.03. The van der Waals surface area contributed by atoms with Gasteiger partial charge < -0.3 is 15.6 Å². The minimum absolute atomic E-state index is 0.113. The van der Waals surface area contributed by atoms with E-state index in [2.05, 4.69) is 0 Å². The largest absolute Gasteiger partial charge is 0.494 e. The van der Waals surface area contributed by atoms with Gasteiger partial charge in [0.2, 0.25) is 0 Å². The summed E-state index contributed by atoms with van der Waals surface area (Å²) >= 11 is 0. The molecule has 0 fully saturated rings. The van der Waals surface area contributed by atoms with Crippen molar-refractivity contribution in [2.75, 3.05) is 7.11 Å². The molecule has 0 aliphatic heterocycles. The molecule has 2 atom stereocenters. The highest BCUT2D eigenvalue weighted by Gasteiger charge is 2.18. The van der Waals surface area contributed by atoms with Crippen LogP contribution in [0.2, 0.25) is 0 Å². The van der Waals surface area contributed by atoms with Gasteiger partial charge in [0.1, 0.15) is 0 Å². The molecule has 0 aliphatic rings. The molecule has 78 valence electrons. The van der Waals surface area contributed by atoms with Crippen molar-refractivity contribution in [2.24, 2.45) is 5.73 Å². The van der Waals surface area contributed by atoms with Crippen LogP contribution in [0.3, 0.4) is 0 Å². The van der Waals surface area contributed by atoms with Gasteiger partial charge in [0, 0.05) is 11.6 Å². The molecule has 4 heteroatoms. The number of methoxy groups -OCH3 is 1. The lowest BCUT2D eigenvalue weighted by molar-refractivity contribution is 0.148. The van der Waals surface area contributed by atoms with Gasteiger partial charge in [-0.25, -0.2) is 4.39 Å². The Balaban J connectivity index is 3.09. The second-order valence-electron chi connectivity index (χ2n) is 3.17. The van der Waals surface area contributed by atoms with Crippen LogP contribution in [0.4, 0.5) is 4.39 Å². The van der Waals surface area contributed by atoms with E-state index >= 15 is 0 Å². The molecule has 3 N–H and O–H groups in total. The molecule has 0 bridgehead atoms. The van der Waals surface area contributed by atoms with E-state index in [0.717, 1.165) is 0 Å². The maximum atomic E-state index is 13.5. The fourth-order valence-corrected chi connectivity index (χ4v) is 1.20. The number of halogens is 1. The highest BCUT2D eigenvalue weighted by molar-refractivity contribution is 5.32. The van der Waals surface area contributed by atoms with E-state index in [1.165, 1.54) is 19.2 Å². The second-order valence-corrected chi connectivity index (χ2v) is 3.17. The maximum Gasteiger partial charge on any atom is 0.170 e. The molecular weight excluding hydrogens is 185 g/mol. The zero-order chi connectivity index (χ0) is 10.7. The van der Waals surface area contributed by atoms with Crippen LogP contribution >= 0.6 is 0 Å². The van der Waals surface area contributed by atoms with E-state index in [-0.39, 0.29) is 11.3 Å². The molecule has 1 aromatic carbocycles. The zero-order valence-corrected chi connectivity index (χ0v) is 8.20. The number of nitrogens with two attached hydrogens (primary N) is 1. The van der Waals surface area contributed by atoms with E-state index in [1.54, 1.807) is 13.0 Å². The topological polar surface area (TPSA) is 55.5 Å². The van der Waals surface area contributed by atoms with Crippen molar-refractivity contribution >= 4 is 0 Å². The van der Waals surface area contributed by atoms with Crippen LogP contribution in [0, 0.1) is 5.82 Å². The predicted octanol–water partition coefficient (Wildman–Crippen LogP) is 1.21. The molecule has 0 heterocycles. The van der Waals surface area contributed by atoms with E-state index in [9.17, 15) is 9.50 Å². The first kappa shape index (κ1) is 10.9. The summed E-state index contributed by atoms with van der Waals surface area (Å²) in [4.78, 5) is 0. The van der Waals surface area contributed by atoms with Gasteiger partial charge in [-0.15, -0.1) is 0 Å². The Morgan fingerprint density at radius 1 is 1.50 bits per heavy atom. The van der Waals surface area contributed by atoms with Crippen LogP contribution in [0.15, 0.2) is 18.2 Å². The van der Waals surface area contributed by atoms with Gasteiger partial charge in [-0.05, 0) is 13.0 Å². The molecule has 1 rings (SSSR count). The Hall–Kier alpha value is -1.13. The van der Waals surface area contributed by atoms with Crippen molar-refractivity contribution in [3.8, 4) is 5.75 Å². The van der Waals surface area contributed by atoms with Crippen molar-refractivity contribution in [3.05, 3.63) is 29.6 Å². The van der Waals surface area contributed by atoms with Gasteiger partial charge in [0.15, 0.2) is 11.6 Å².